The maximum absolute atomic E-state index is 13.9. The second kappa shape index (κ2) is 10.9. The summed E-state index contributed by atoms with van der Waals surface area (Å²) in [4.78, 5) is 32.0. The monoisotopic (exact) mass is 466 g/mol. The molecule has 1 aromatic carbocycles. The predicted octanol–water partition coefficient (Wildman–Crippen LogP) is 4.82. The first-order valence-corrected chi connectivity index (χ1v) is 13.4. The van der Waals surface area contributed by atoms with Gasteiger partial charge in [-0.2, -0.15) is 0 Å². The fourth-order valence-electron chi connectivity index (χ4n) is 5.79. The molecule has 0 bridgehead atoms. The average molecular weight is 467 g/mol. The lowest BCUT2D eigenvalue weighted by molar-refractivity contribution is -0.133. The number of aromatic nitrogens is 1. The van der Waals surface area contributed by atoms with Crippen LogP contribution in [0.2, 0.25) is 0 Å². The third kappa shape index (κ3) is 5.02. The Labute approximate surface area is 204 Å². The Morgan fingerprint density at radius 1 is 1.09 bits per heavy atom. The van der Waals surface area contributed by atoms with Crippen LogP contribution in [0.4, 0.5) is 0 Å². The van der Waals surface area contributed by atoms with Crippen LogP contribution >= 0.6 is 0 Å². The summed E-state index contributed by atoms with van der Waals surface area (Å²) in [6, 6.07) is 10.3. The van der Waals surface area contributed by atoms with Gasteiger partial charge in [0.2, 0.25) is 5.91 Å². The van der Waals surface area contributed by atoms with Crippen LogP contribution in [-0.2, 0) is 11.3 Å². The molecule has 6 heteroatoms. The maximum Gasteiger partial charge on any atom is 0.271 e. The number of hydrogen-bond donors (Lipinski definition) is 1. The highest BCUT2D eigenvalue weighted by Gasteiger charge is 2.47. The number of rotatable bonds is 8. The van der Waals surface area contributed by atoms with Gasteiger partial charge in [0.25, 0.3) is 5.91 Å². The standard InChI is InChI=1S/C28H42N4O2/c1-4-30(5-2)18-13-19-32-26(33)25-20-22-14-11-12-17-24(22)31(25)21-28(32,3)27(34)29-23-15-9-7-6-8-10-16-23/h11-12,14,17,20,23H,4-10,13,15-16,18-19,21H2,1-3H3,(H,29,34)/t28-/m1/s1. The van der Waals surface area contributed by atoms with Gasteiger partial charge < -0.3 is 19.7 Å². The second-order valence-electron chi connectivity index (χ2n) is 10.3. The molecule has 4 rings (SSSR count). The molecule has 0 unspecified atom stereocenters. The van der Waals surface area contributed by atoms with Crippen molar-refractivity contribution in [3.05, 3.63) is 36.0 Å². The Morgan fingerprint density at radius 2 is 1.76 bits per heavy atom. The van der Waals surface area contributed by atoms with Crippen LogP contribution in [-0.4, -0.2) is 63.9 Å². The molecule has 1 aromatic heterocycles. The van der Waals surface area contributed by atoms with Gasteiger partial charge in [-0.1, -0.05) is 64.2 Å². The van der Waals surface area contributed by atoms with Crippen molar-refractivity contribution in [1.82, 2.24) is 19.7 Å². The Morgan fingerprint density at radius 3 is 2.47 bits per heavy atom. The molecule has 6 nitrogen and oxygen atoms in total. The van der Waals surface area contributed by atoms with Crippen LogP contribution in [0.3, 0.4) is 0 Å². The molecule has 0 radical (unpaired) electrons. The maximum atomic E-state index is 13.9. The first-order valence-electron chi connectivity index (χ1n) is 13.4. The third-order valence-electron chi connectivity index (χ3n) is 8.02. The molecule has 1 N–H and O–H groups in total. The van der Waals surface area contributed by atoms with Crippen molar-refractivity contribution in [2.24, 2.45) is 0 Å². The summed E-state index contributed by atoms with van der Waals surface area (Å²) in [5.41, 5.74) is 0.816. The summed E-state index contributed by atoms with van der Waals surface area (Å²) < 4.78 is 2.07. The van der Waals surface area contributed by atoms with Crippen molar-refractivity contribution in [3.8, 4) is 0 Å². The van der Waals surface area contributed by atoms with Gasteiger partial charge >= 0.3 is 0 Å². The van der Waals surface area contributed by atoms with E-state index >= 15 is 0 Å². The van der Waals surface area contributed by atoms with Crippen LogP contribution in [0.1, 0.15) is 82.6 Å². The molecule has 0 saturated heterocycles. The molecule has 2 amide bonds. The zero-order valence-corrected chi connectivity index (χ0v) is 21.3. The van der Waals surface area contributed by atoms with Gasteiger partial charge in [-0.15, -0.1) is 0 Å². The topological polar surface area (TPSA) is 57.6 Å². The van der Waals surface area contributed by atoms with E-state index in [1.807, 2.05) is 36.1 Å². The number of benzene rings is 1. The van der Waals surface area contributed by atoms with E-state index < -0.39 is 5.54 Å². The molecular weight excluding hydrogens is 424 g/mol. The highest BCUT2D eigenvalue weighted by molar-refractivity contribution is 6.03. The Balaban J connectivity index is 1.61. The lowest BCUT2D eigenvalue weighted by Gasteiger charge is -2.45. The number of nitrogens with one attached hydrogen (secondary N) is 1. The average Bonchev–Trinajstić information content (AvgIpc) is 3.18. The van der Waals surface area contributed by atoms with Crippen LogP contribution in [0.25, 0.3) is 10.9 Å². The van der Waals surface area contributed by atoms with Gasteiger partial charge in [0.1, 0.15) is 11.2 Å². The first kappa shape index (κ1) is 24.8. The van der Waals surface area contributed by atoms with Crippen molar-refractivity contribution >= 4 is 22.7 Å². The summed E-state index contributed by atoms with van der Waals surface area (Å²) in [6.45, 7) is 10.3. The number of hydrogen-bond acceptors (Lipinski definition) is 3. The molecule has 34 heavy (non-hydrogen) atoms. The van der Waals surface area contributed by atoms with Gasteiger partial charge in [0, 0.05) is 23.5 Å². The molecular formula is C28H42N4O2. The molecule has 1 aliphatic carbocycles. The van der Waals surface area contributed by atoms with E-state index in [4.69, 9.17) is 0 Å². The number of nitrogens with zero attached hydrogens (tertiary/aromatic N) is 3. The minimum absolute atomic E-state index is 0.00214. The number of fused-ring (bicyclic) bond motifs is 3. The molecule has 2 heterocycles. The summed E-state index contributed by atoms with van der Waals surface area (Å²) in [7, 11) is 0. The van der Waals surface area contributed by atoms with Crippen molar-refractivity contribution in [1.29, 1.82) is 0 Å². The van der Waals surface area contributed by atoms with Crippen molar-refractivity contribution < 1.29 is 9.59 Å². The van der Waals surface area contributed by atoms with Crippen molar-refractivity contribution in [2.75, 3.05) is 26.2 Å². The van der Waals surface area contributed by atoms with Gasteiger partial charge in [-0.25, -0.2) is 0 Å². The van der Waals surface area contributed by atoms with Gasteiger partial charge in [0.05, 0.1) is 6.54 Å². The largest absolute Gasteiger partial charge is 0.351 e. The second-order valence-corrected chi connectivity index (χ2v) is 10.3. The first-order chi connectivity index (χ1) is 16.5. The fourth-order valence-corrected chi connectivity index (χ4v) is 5.79. The Bertz CT molecular complexity index is 987. The van der Waals surface area contributed by atoms with Gasteiger partial charge in [-0.3, -0.25) is 9.59 Å². The predicted molar refractivity (Wildman–Crippen MR) is 138 cm³/mol. The smallest absolute Gasteiger partial charge is 0.271 e. The van der Waals surface area contributed by atoms with Gasteiger partial charge in [0.15, 0.2) is 0 Å². The molecule has 0 spiro atoms. The highest BCUT2D eigenvalue weighted by atomic mass is 16.2. The summed E-state index contributed by atoms with van der Waals surface area (Å²) in [6.07, 6.45) is 9.07. The normalized spacial score (nSPS) is 22.0. The third-order valence-corrected chi connectivity index (χ3v) is 8.02. The minimum atomic E-state index is -0.905. The van der Waals surface area contributed by atoms with E-state index in [9.17, 15) is 9.59 Å². The number of carbonyl (C=O) groups is 2. The number of amides is 2. The quantitative estimate of drug-likeness (QED) is 0.607. The number of carbonyl (C=O) groups excluding carboxylic acids is 2. The molecule has 186 valence electrons. The Hall–Kier alpha value is -2.34. The lowest BCUT2D eigenvalue weighted by Crippen LogP contribution is -2.65. The fraction of sp³-hybridized carbons (Fsp3) is 0.643. The molecule has 1 saturated carbocycles. The Kier molecular flexibility index (Phi) is 7.97. The number of para-hydroxylation sites is 1. The van der Waals surface area contributed by atoms with E-state index in [1.165, 1.54) is 32.1 Å². The zero-order chi connectivity index (χ0) is 24.1. The van der Waals surface area contributed by atoms with Crippen LogP contribution in [0.5, 0.6) is 0 Å². The van der Waals surface area contributed by atoms with Crippen molar-refractivity contribution in [3.63, 3.8) is 0 Å². The molecule has 1 fully saturated rings. The molecule has 1 atom stereocenters. The van der Waals surface area contributed by atoms with Crippen molar-refractivity contribution in [2.45, 2.75) is 90.3 Å². The van der Waals surface area contributed by atoms with E-state index in [1.54, 1.807) is 0 Å². The van der Waals surface area contributed by atoms with Crippen LogP contribution in [0, 0.1) is 0 Å². The zero-order valence-electron chi connectivity index (χ0n) is 21.3. The highest BCUT2D eigenvalue weighted by Crippen LogP contribution is 2.33. The molecule has 2 aromatic rings. The van der Waals surface area contributed by atoms with Crippen LogP contribution in [0.15, 0.2) is 30.3 Å². The molecule has 2 aliphatic rings. The SMILES string of the molecule is CCN(CC)CCCN1C(=O)c2cc3ccccc3n2C[C@]1(C)C(=O)NC1CCCCCCC1. The van der Waals surface area contributed by atoms with E-state index in [0.29, 0.717) is 18.8 Å². The van der Waals surface area contributed by atoms with E-state index in [-0.39, 0.29) is 17.9 Å². The van der Waals surface area contributed by atoms with E-state index in [2.05, 4.69) is 34.7 Å². The minimum Gasteiger partial charge on any atom is -0.351 e. The van der Waals surface area contributed by atoms with Crippen LogP contribution < -0.4 is 5.32 Å². The van der Waals surface area contributed by atoms with E-state index in [0.717, 1.165) is 49.8 Å². The lowest BCUT2D eigenvalue weighted by atomic mass is 9.92. The molecule has 1 aliphatic heterocycles. The summed E-state index contributed by atoms with van der Waals surface area (Å²) >= 11 is 0. The summed E-state index contributed by atoms with van der Waals surface area (Å²) in [5, 5.41) is 4.44. The summed E-state index contributed by atoms with van der Waals surface area (Å²) in [5.74, 6) is -0.0324. The van der Waals surface area contributed by atoms with Gasteiger partial charge in [-0.05, 0) is 58.0 Å².